The van der Waals surface area contributed by atoms with Crippen LogP contribution < -0.4 is 5.32 Å². The van der Waals surface area contributed by atoms with Crippen LogP contribution in [0.2, 0.25) is 5.02 Å². The van der Waals surface area contributed by atoms with Crippen LogP contribution in [0.5, 0.6) is 0 Å². The van der Waals surface area contributed by atoms with Gasteiger partial charge in [0.2, 0.25) is 0 Å². The highest BCUT2D eigenvalue weighted by molar-refractivity contribution is 6.32. The Morgan fingerprint density at radius 3 is 2.48 bits per heavy atom. The van der Waals surface area contributed by atoms with Crippen molar-refractivity contribution in [1.29, 1.82) is 5.26 Å². The Morgan fingerprint density at radius 2 is 1.86 bits per heavy atom. The highest BCUT2D eigenvalue weighted by atomic mass is 35.5. The number of nitriles is 1. The van der Waals surface area contributed by atoms with Gasteiger partial charge in [0.1, 0.15) is 6.07 Å². The first-order valence-corrected chi connectivity index (χ1v) is 7.40. The molecule has 0 aliphatic rings. The minimum atomic E-state index is -0.0483. The summed E-state index contributed by atoms with van der Waals surface area (Å²) in [5.41, 5.74) is 2.74. The zero-order valence-electron chi connectivity index (χ0n) is 12.4. The van der Waals surface area contributed by atoms with E-state index in [0.717, 1.165) is 18.5 Å². The molecule has 108 valence electrons. The van der Waals surface area contributed by atoms with Crippen molar-refractivity contribution in [2.24, 2.45) is 0 Å². The minimum Gasteiger partial charge on any atom is -0.380 e. The third-order valence-corrected chi connectivity index (χ3v) is 3.77. The van der Waals surface area contributed by atoms with Crippen molar-refractivity contribution in [2.75, 3.05) is 5.32 Å². The van der Waals surface area contributed by atoms with Gasteiger partial charge in [-0.3, -0.25) is 0 Å². The molecule has 0 spiro atoms. The number of hydrogen-bond donors (Lipinski definition) is 1. The lowest BCUT2D eigenvalue weighted by atomic mass is 9.95. The molecule has 0 saturated heterocycles. The van der Waals surface area contributed by atoms with Crippen LogP contribution in [0, 0.1) is 11.3 Å². The second kappa shape index (κ2) is 6.65. The first-order chi connectivity index (χ1) is 10.00. The molecule has 2 nitrogen and oxygen atoms in total. The molecule has 0 aliphatic heterocycles. The summed E-state index contributed by atoms with van der Waals surface area (Å²) in [6, 6.07) is 18.0. The fourth-order valence-corrected chi connectivity index (χ4v) is 2.46. The average Bonchev–Trinajstić information content (AvgIpc) is 2.46. The highest BCUT2D eigenvalue weighted by Gasteiger charge is 2.17. The predicted octanol–water partition coefficient (Wildman–Crippen LogP) is 5.03. The molecular formula is C18H19ClN2. The van der Waals surface area contributed by atoms with Gasteiger partial charge in [-0.2, -0.15) is 5.26 Å². The van der Waals surface area contributed by atoms with Crippen LogP contribution in [-0.2, 0) is 6.42 Å². The summed E-state index contributed by atoms with van der Waals surface area (Å²) in [6.07, 6.45) is 2.03. The summed E-state index contributed by atoms with van der Waals surface area (Å²) >= 11 is 6.07. The Labute approximate surface area is 131 Å². The van der Waals surface area contributed by atoms with Crippen molar-refractivity contribution >= 4 is 17.3 Å². The largest absolute Gasteiger partial charge is 0.380 e. The van der Waals surface area contributed by atoms with Crippen molar-refractivity contribution in [3.63, 3.8) is 0 Å². The molecule has 2 rings (SSSR count). The molecule has 0 bridgehead atoms. The maximum absolute atomic E-state index is 8.90. The number of anilines is 1. The van der Waals surface area contributed by atoms with Crippen molar-refractivity contribution in [3.05, 3.63) is 64.7 Å². The predicted molar refractivity (Wildman–Crippen MR) is 88.6 cm³/mol. The summed E-state index contributed by atoms with van der Waals surface area (Å²) < 4.78 is 0. The maximum atomic E-state index is 8.90. The fraction of sp³-hybridized carbons (Fsp3) is 0.278. The summed E-state index contributed by atoms with van der Waals surface area (Å²) in [7, 11) is 0. The topological polar surface area (TPSA) is 35.8 Å². The molecule has 0 radical (unpaired) electrons. The molecule has 3 heteroatoms. The maximum Gasteiger partial charge on any atom is 0.101 e. The van der Waals surface area contributed by atoms with Crippen LogP contribution in [0.15, 0.2) is 48.5 Å². The summed E-state index contributed by atoms with van der Waals surface area (Å²) in [5.74, 6) is 0. The van der Waals surface area contributed by atoms with Crippen LogP contribution in [0.1, 0.15) is 31.4 Å². The summed E-state index contributed by atoms with van der Waals surface area (Å²) in [6.45, 7) is 4.34. The molecule has 0 heterocycles. The van der Waals surface area contributed by atoms with Crippen LogP contribution in [0.3, 0.4) is 0 Å². The van der Waals surface area contributed by atoms with Crippen LogP contribution in [0.25, 0.3) is 0 Å². The number of nitrogens with zero attached hydrogens (tertiary/aromatic N) is 1. The molecule has 2 aromatic carbocycles. The van der Waals surface area contributed by atoms with E-state index in [1.54, 1.807) is 6.07 Å². The highest BCUT2D eigenvalue weighted by Crippen LogP contribution is 2.25. The van der Waals surface area contributed by atoms with E-state index in [9.17, 15) is 0 Å². The van der Waals surface area contributed by atoms with Gasteiger partial charge in [-0.05, 0) is 50.5 Å². The lowest BCUT2D eigenvalue weighted by Gasteiger charge is -2.28. The number of hydrogen-bond acceptors (Lipinski definition) is 2. The lowest BCUT2D eigenvalue weighted by Crippen LogP contribution is -2.31. The Bertz CT molecular complexity index is 642. The number of aryl methyl sites for hydroxylation is 1. The van der Waals surface area contributed by atoms with E-state index in [4.69, 9.17) is 16.9 Å². The van der Waals surface area contributed by atoms with Gasteiger partial charge in [0.15, 0.2) is 0 Å². The Hall–Kier alpha value is -1.98. The number of nitrogens with one attached hydrogen (secondary N) is 1. The third-order valence-electron chi connectivity index (χ3n) is 3.45. The van der Waals surface area contributed by atoms with Crippen LogP contribution in [0.4, 0.5) is 5.69 Å². The summed E-state index contributed by atoms with van der Waals surface area (Å²) in [4.78, 5) is 0. The van der Waals surface area contributed by atoms with E-state index < -0.39 is 0 Å². The minimum absolute atomic E-state index is 0.0483. The van der Waals surface area contributed by atoms with E-state index in [2.05, 4.69) is 49.5 Å². The van der Waals surface area contributed by atoms with Crippen LogP contribution >= 0.6 is 11.6 Å². The third kappa shape index (κ3) is 4.51. The zero-order valence-corrected chi connectivity index (χ0v) is 13.1. The van der Waals surface area contributed by atoms with Crippen molar-refractivity contribution in [2.45, 2.75) is 32.2 Å². The number of halogens is 1. The van der Waals surface area contributed by atoms with Gasteiger partial charge in [0, 0.05) is 11.2 Å². The first-order valence-electron chi connectivity index (χ1n) is 7.02. The second-order valence-corrected chi connectivity index (χ2v) is 6.21. The van der Waals surface area contributed by atoms with E-state index in [-0.39, 0.29) is 5.54 Å². The Kier molecular flexibility index (Phi) is 4.88. The summed E-state index contributed by atoms with van der Waals surface area (Å²) in [5, 5.41) is 12.9. The smallest absolute Gasteiger partial charge is 0.101 e. The molecule has 0 aromatic heterocycles. The van der Waals surface area contributed by atoms with E-state index >= 15 is 0 Å². The standard InChI is InChI=1S/C18H19ClN2/c1-18(2,11-10-14-6-4-3-5-7-14)21-16-9-8-15(13-20)17(19)12-16/h3-9,12,21H,10-11H2,1-2H3. The van der Waals surface area contributed by atoms with Gasteiger partial charge in [0.25, 0.3) is 0 Å². The normalized spacial score (nSPS) is 11.0. The van der Waals surface area contributed by atoms with Crippen molar-refractivity contribution in [3.8, 4) is 6.07 Å². The average molecular weight is 299 g/mol. The molecule has 0 saturated carbocycles. The van der Waals surface area contributed by atoms with Gasteiger partial charge < -0.3 is 5.32 Å². The van der Waals surface area contributed by atoms with Crippen molar-refractivity contribution in [1.82, 2.24) is 0 Å². The van der Waals surface area contributed by atoms with Gasteiger partial charge in [-0.15, -0.1) is 0 Å². The first kappa shape index (κ1) is 15.4. The van der Waals surface area contributed by atoms with Gasteiger partial charge in [-0.25, -0.2) is 0 Å². The van der Waals surface area contributed by atoms with Crippen LogP contribution in [-0.4, -0.2) is 5.54 Å². The molecule has 0 amide bonds. The van der Waals surface area contributed by atoms with E-state index in [1.165, 1.54) is 5.56 Å². The fourth-order valence-electron chi connectivity index (χ4n) is 2.24. The second-order valence-electron chi connectivity index (χ2n) is 5.80. The monoisotopic (exact) mass is 298 g/mol. The molecule has 0 atom stereocenters. The zero-order chi connectivity index (χ0) is 15.3. The van der Waals surface area contributed by atoms with Gasteiger partial charge >= 0.3 is 0 Å². The SMILES string of the molecule is CC(C)(CCc1ccccc1)Nc1ccc(C#N)c(Cl)c1. The van der Waals surface area contributed by atoms with E-state index in [1.807, 2.05) is 18.2 Å². The van der Waals surface area contributed by atoms with Gasteiger partial charge in [-0.1, -0.05) is 41.9 Å². The quantitative estimate of drug-likeness (QED) is 0.840. The molecule has 1 N–H and O–H groups in total. The molecule has 21 heavy (non-hydrogen) atoms. The van der Waals surface area contributed by atoms with E-state index in [0.29, 0.717) is 10.6 Å². The van der Waals surface area contributed by atoms with Crippen molar-refractivity contribution < 1.29 is 0 Å². The molecule has 0 aliphatic carbocycles. The lowest BCUT2D eigenvalue weighted by molar-refractivity contribution is 0.518. The molecule has 2 aromatic rings. The molecule has 0 fully saturated rings. The Morgan fingerprint density at radius 1 is 1.14 bits per heavy atom. The number of rotatable bonds is 5. The molecular weight excluding hydrogens is 280 g/mol. The molecule has 0 unspecified atom stereocenters. The van der Waals surface area contributed by atoms with Gasteiger partial charge in [0.05, 0.1) is 10.6 Å². The number of benzene rings is 2. The Balaban J connectivity index is 2.00.